The van der Waals surface area contributed by atoms with E-state index in [1.165, 1.54) is 6.07 Å². The number of anilines is 1. The highest BCUT2D eigenvalue weighted by Gasteiger charge is 2.15. The zero-order chi connectivity index (χ0) is 18.8. The van der Waals surface area contributed by atoms with Gasteiger partial charge in [-0.15, -0.1) is 11.3 Å². The Morgan fingerprint density at radius 2 is 1.88 bits per heavy atom. The Kier molecular flexibility index (Phi) is 8.05. The number of carbonyl (C=O) groups is 1. The summed E-state index contributed by atoms with van der Waals surface area (Å²) in [7, 11) is -1.97. The largest absolute Gasteiger partial charge is 0.382 e. The molecule has 1 amide bonds. The Morgan fingerprint density at radius 3 is 2.54 bits per heavy atom. The minimum atomic E-state index is -3.59. The van der Waals surface area contributed by atoms with Gasteiger partial charge in [0.1, 0.15) is 4.21 Å². The normalized spacial score (nSPS) is 11.3. The number of nitrogens with one attached hydrogen (secondary N) is 2. The van der Waals surface area contributed by atoms with Crippen LogP contribution in [0.25, 0.3) is 0 Å². The van der Waals surface area contributed by atoms with E-state index in [1.807, 2.05) is 0 Å². The molecule has 0 aliphatic rings. The molecule has 0 radical (unpaired) electrons. The average Bonchev–Trinajstić information content (AvgIpc) is 3.17. The van der Waals surface area contributed by atoms with Crippen molar-refractivity contribution >= 4 is 33.0 Å². The maximum absolute atomic E-state index is 12.2. The van der Waals surface area contributed by atoms with Gasteiger partial charge in [0.05, 0.1) is 13.2 Å². The monoisotopic (exact) mass is 398 g/mol. The highest BCUT2D eigenvalue weighted by Crippen LogP contribution is 2.20. The number of amides is 1. The number of thiophene rings is 1. The second kappa shape index (κ2) is 10.3. The van der Waals surface area contributed by atoms with Crippen molar-refractivity contribution in [2.75, 3.05) is 38.2 Å². The van der Waals surface area contributed by atoms with Gasteiger partial charge in [0.25, 0.3) is 15.9 Å². The van der Waals surface area contributed by atoms with Gasteiger partial charge in [-0.1, -0.05) is 6.07 Å². The summed E-state index contributed by atoms with van der Waals surface area (Å²) in [4.78, 5) is 12.1. The third-order valence-electron chi connectivity index (χ3n) is 3.34. The Labute approximate surface area is 157 Å². The molecule has 9 heteroatoms. The molecule has 0 aliphatic heterocycles. The molecule has 1 aromatic heterocycles. The van der Waals surface area contributed by atoms with E-state index in [0.29, 0.717) is 44.0 Å². The van der Waals surface area contributed by atoms with E-state index in [4.69, 9.17) is 9.47 Å². The van der Waals surface area contributed by atoms with E-state index in [9.17, 15) is 13.2 Å². The molecule has 0 aliphatic carbocycles. The number of sulfonamides is 1. The molecule has 7 nitrogen and oxygen atoms in total. The molecule has 142 valence electrons. The van der Waals surface area contributed by atoms with Gasteiger partial charge in [0.2, 0.25) is 0 Å². The molecule has 0 fully saturated rings. The van der Waals surface area contributed by atoms with Crippen molar-refractivity contribution in [2.24, 2.45) is 0 Å². The zero-order valence-corrected chi connectivity index (χ0v) is 16.1. The Hall–Kier alpha value is -1.94. The van der Waals surface area contributed by atoms with Gasteiger partial charge in [-0.25, -0.2) is 8.42 Å². The van der Waals surface area contributed by atoms with Crippen molar-refractivity contribution in [3.8, 4) is 0 Å². The quantitative estimate of drug-likeness (QED) is 0.567. The molecular weight excluding hydrogens is 376 g/mol. The molecule has 2 N–H and O–H groups in total. The van der Waals surface area contributed by atoms with Crippen LogP contribution in [0.3, 0.4) is 0 Å². The second-order valence-corrected chi connectivity index (χ2v) is 8.19. The lowest BCUT2D eigenvalue weighted by Crippen LogP contribution is -2.25. The fourth-order valence-corrected chi connectivity index (χ4v) is 4.09. The molecule has 0 saturated carbocycles. The summed E-state index contributed by atoms with van der Waals surface area (Å²) in [5, 5.41) is 4.49. The minimum absolute atomic E-state index is 0.213. The SMILES string of the molecule is COCCOCCCNC(=O)c1ccc(NS(=O)(=O)c2cccs2)cc1. The van der Waals surface area contributed by atoms with Crippen LogP contribution in [0, 0.1) is 0 Å². The second-order valence-electron chi connectivity index (χ2n) is 5.33. The molecule has 2 aromatic rings. The number of ether oxygens (including phenoxy) is 2. The summed E-state index contributed by atoms with van der Waals surface area (Å²) in [5.41, 5.74) is 0.867. The standard InChI is InChI=1S/C17H22N2O5S2/c1-23-11-12-24-10-3-9-18-17(20)14-5-7-15(8-6-14)19-26(21,22)16-4-2-13-25-16/h2,4-8,13,19H,3,9-12H2,1H3,(H,18,20). The number of hydrogen-bond donors (Lipinski definition) is 2. The molecular formula is C17H22N2O5S2. The van der Waals surface area contributed by atoms with Gasteiger partial charge in [-0.2, -0.15) is 0 Å². The van der Waals surface area contributed by atoms with Gasteiger partial charge >= 0.3 is 0 Å². The van der Waals surface area contributed by atoms with Crippen molar-refractivity contribution in [2.45, 2.75) is 10.6 Å². The number of benzene rings is 1. The van der Waals surface area contributed by atoms with E-state index in [2.05, 4.69) is 10.0 Å². The number of rotatable bonds is 11. The van der Waals surface area contributed by atoms with Crippen LogP contribution in [0.2, 0.25) is 0 Å². The fraction of sp³-hybridized carbons (Fsp3) is 0.353. The van der Waals surface area contributed by atoms with Crippen LogP contribution in [-0.2, 0) is 19.5 Å². The summed E-state index contributed by atoms with van der Waals surface area (Å²) >= 11 is 1.14. The average molecular weight is 399 g/mol. The lowest BCUT2D eigenvalue weighted by molar-refractivity contribution is 0.0688. The lowest BCUT2D eigenvalue weighted by Gasteiger charge is -2.08. The van der Waals surface area contributed by atoms with Crippen molar-refractivity contribution < 1.29 is 22.7 Å². The molecule has 0 bridgehead atoms. The highest BCUT2D eigenvalue weighted by molar-refractivity contribution is 7.94. The topological polar surface area (TPSA) is 93.7 Å². The molecule has 0 saturated heterocycles. The molecule has 26 heavy (non-hydrogen) atoms. The molecule has 0 spiro atoms. The third kappa shape index (κ3) is 6.41. The van der Waals surface area contributed by atoms with Crippen molar-refractivity contribution in [3.63, 3.8) is 0 Å². The lowest BCUT2D eigenvalue weighted by atomic mass is 10.2. The van der Waals surface area contributed by atoms with Crippen LogP contribution in [0.15, 0.2) is 46.0 Å². The van der Waals surface area contributed by atoms with Crippen LogP contribution in [0.4, 0.5) is 5.69 Å². The fourth-order valence-electron chi connectivity index (χ4n) is 2.03. The number of methoxy groups -OCH3 is 1. The predicted molar refractivity (Wildman–Crippen MR) is 101 cm³/mol. The van der Waals surface area contributed by atoms with Crippen LogP contribution in [-0.4, -0.2) is 47.8 Å². The molecule has 2 rings (SSSR count). The van der Waals surface area contributed by atoms with Crippen LogP contribution in [0.5, 0.6) is 0 Å². The Morgan fingerprint density at radius 1 is 1.12 bits per heavy atom. The van der Waals surface area contributed by atoms with E-state index in [-0.39, 0.29) is 10.1 Å². The summed E-state index contributed by atoms with van der Waals surface area (Å²) in [6, 6.07) is 9.50. The molecule has 0 atom stereocenters. The van der Waals surface area contributed by atoms with Crippen molar-refractivity contribution in [1.82, 2.24) is 5.32 Å². The first kappa shape index (κ1) is 20.4. The van der Waals surface area contributed by atoms with Crippen LogP contribution >= 0.6 is 11.3 Å². The first-order chi connectivity index (χ1) is 12.5. The van der Waals surface area contributed by atoms with Gasteiger partial charge in [0, 0.05) is 31.5 Å². The summed E-state index contributed by atoms with van der Waals surface area (Å²) in [6.45, 7) is 2.13. The van der Waals surface area contributed by atoms with E-state index < -0.39 is 10.0 Å². The van der Waals surface area contributed by atoms with Gasteiger partial charge in [0.15, 0.2) is 0 Å². The van der Waals surface area contributed by atoms with E-state index in [0.717, 1.165) is 11.3 Å². The summed E-state index contributed by atoms with van der Waals surface area (Å²) < 4.78 is 37.2. The smallest absolute Gasteiger partial charge is 0.271 e. The molecule has 0 unspecified atom stereocenters. The molecule has 1 aromatic carbocycles. The Bertz CT molecular complexity index is 774. The van der Waals surface area contributed by atoms with Gasteiger partial charge in [-0.05, 0) is 42.1 Å². The first-order valence-corrected chi connectivity index (χ1v) is 10.4. The summed E-state index contributed by atoms with van der Waals surface area (Å²) in [6.07, 6.45) is 0.703. The highest BCUT2D eigenvalue weighted by atomic mass is 32.2. The third-order valence-corrected chi connectivity index (χ3v) is 6.12. The predicted octanol–water partition coefficient (Wildman–Crippen LogP) is 2.33. The van der Waals surface area contributed by atoms with E-state index in [1.54, 1.807) is 42.8 Å². The minimum Gasteiger partial charge on any atom is -0.382 e. The van der Waals surface area contributed by atoms with Crippen molar-refractivity contribution in [3.05, 3.63) is 47.3 Å². The maximum Gasteiger partial charge on any atom is 0.271 e. The number of hydrogen-bond acceptors (Lipinski definition) is 6. The molecule has 1 heterocycles. The Balaban J connectivity index is 1.78. The zero-order valence-electron chi connectivity index (χ0n) is 14.4. The van der Waals surface area contributed by atoms with E-state index >= 15 is 0 Å². The first-order valence-electron chi connectivity index (χ1n) is 8.04. The maximum atomic E-state index is 12.2. The van der Waals surface area contributed by atoms with Gasteiger partial charge in [-0.3, -0.25) is 9.52 Å². The van der Waals surface area contributed by atoms with Crippen LogP contribution < -0.4 is 10.0 Å². The summed E-state index contributed by atoms with van der Waals surface area (Å²) in [5.74, 6) is -0.213. The van der Waals surface area contributed by atoms with Crippen molar-refractivity contribution in [1.29, 1.82) is 0 Å². The van der Waals surface area contributed by atoms with Gasteiger partial charge < -0.3 is 14.8 Å². The van der Waals surface area contributed by atoms with Crippen LogP contribution in [0.1, 0.15) is 16.8 Å². The number of carbonyl (C=O) groups excluding carboxylic acids is 1.